The van der Waals surface area contributed by atoms with Crippen LogP contribution in [0.2, 0.25) is 0 Å². The van der Waals surface area contributed by atoms with Crippen molar-refractivity contribution in [2.24, 2.45) is 0 Å². The molecule has 3 rings (SSSR count). The fraction of sp³-hybridized carbons (Fsp3) is 0. The summed E-state index contributed by atoms with van der Waals surface area (Å²) in [5.41, 5.74) is 1.75. The van der Waals surface area contributed by atoms with E-state index in [-0.39, 0.29) is 6.01 Å². The first-order chi connectivity index (χ1) is 7.40. The molecule has 0 aliphatic rings. The minimum absolute atomic E-state index is 0.263. The van der Waals surface area contributed by atoms with E-state index in [1.165, 1.54) is 11.5 Å². The Labute approximate surface area is 88.1 Å². The van der Waals surface area contributed by atoms with Crippen LogP contribution in [-0.2, 0) is 4.79 Å². The molecule has 0 bridgehead atoms. The highest BCUT2D eigenvalue weighted by Gasteiger charge is 2.12. The van der Waals surface area contributed by atoms with E-state index in [2.05, 4.69) is 9.36 Å². The second kappa shape index (κ2) is 3.03. The van der Waals surface area contributed by atoms with Gasteiger partial charge in [0.1, 0.15) is 0 Å². The van der Waals surface area contributed by atoms with Gasteiger partial charge in [-0.2, -0.15) is 0 Å². The number of carbonyl (C=O) groups excluding carboxylic acids is 1. The molecule has 0 saturated heterocycles. The van der Waals surface area contributed by atoms with Crippen LogP contribution in [0.4, 0.5) is 0 Å². The van der Waals surface area contributed by atoms with Gasteiger partial charge in [-0.3, -0.25) is 4.79 Å². The van der Waals surface area contributed by atoms with Crippen molar-refractivity contribution >= 4 is 34.0 Å². The number of nitrogens with zero attached hydrogens (tertiary/aromatic N) is 3. The number of benzene rings is 1. The lowest BCUT2D eigenvalue weighted by Crippen LogP contribution is -1.93. The zero-order valence-corrected chi connectivity index (χ0v) is 8.27. The molecule has 0 spiro atoms. The summed E-state index contributed by atoms with van der Waals surface area (Å²) in [4.78, 5) is 15.3. The maximum Gasteiger partial charge on any atom is 0.322 e. The number of fused-ring (bicyclic) bond motifs is 3. The molecule has 2 heterocycles. The van der Waals surface area contributed by atoms with Gasteiger partial charge in [0.05, 0.1) is 11.0 Å². The van der Waals surface area contributed by atoms with E-state index < -0.39 is 0 Å². The van der Waals surface area contributed by atoms with Crippen molar-refractivity contribution in [3.8, 4) is 6.01 Å². The minimum Gasteiger partial charge on any atom is -0.393 e. The molecule has 2 aromatic heterocycles. The Kier molecular flexibility index (Phi) is 1.69. The molecule has 15 heavy (non-hydrogen) atoms. The van der Waals surface area contributed by atoms with Crippen molar-refractivity contribution in [3.63, 3.8) is 0 Å². The molecule has 0 saturated carbocycles. The van der Waals surface area contributed by atoms with Gasteiger partial charge in [-0.05, 0) is 12.1 Å². The largest absolute Gasteiger partial charge is 0.393 e. The standard InChI is InChI=1S/C9H5N3O2S/c13-5-14-8-11-15-9-10-6-3-1-2-4-7(6)12(8)9/h1-5H. The summed E-state index contributed by atoms with van der Waals surface area (Å²) in [5.74, 6) is 0. The Balaban J connectivity index is 2.43. The molecule has 5 nitrogen and oxygen atoms in total. The summed E-state index contributed by atoms with van der Waals surface area (Å²) in [6.07, 6.45) is 0. The third-order valence-corrected chi connectivity index (χ3v) is 2.76. The van der Waals surface area contributed by atoms with E-state index in [4.69, 9.17) is 4.74 Å². The third-order valence-electron chi connectivity index (χ3n) is 2.08. The first kappa shape index (κ1) is 8.37. The molecule has 0 atom stereocenters. The van der Waals surface area contributed by atoms with Crippen molar-refractivity contribution in [1.29, 1.82) is 0 Å². The van der Waals surface area contributed by atoms with Gasteiger partial charge in [0.15, 0.2) is 0 Å². The maximum absolute atomic E-state index is 10.3. The molecule has 74 valence electrons. The van der Waals surface area contributed by atoms with E-state index in [1.807, 2.05) is 24.3 Å². The average molecular weight is 219 g/mol. The topological polar surface area (TPSA) is 56.5 Å². The number of aromatic nitrogens is 3. The van der Waals surface area contributed by atoms with Gasteiger partial charge in [0, 0.05) is 11.5 Å². The second-order valence-electron chi connectivity index (χ2n) is 2.90. The van der Waals surface area contributed by atoms with Crippen molar-refractivity contribution in [1.82, 2.24) is 13.8 Å². The zero-order chi connectivity index (χ0) is 10.3. The lowest BCUT2D eigenvalue weighted by Gasteiger charge is -1.93. The summed E-state index contributed by atoms with van der Waals surface area (Å²) in [5, 5.41) is 0. The molecule has 6 heteroatoms. The number of rotatable bonds is 2. The van der Waals surface area contributed by atoms with Crippen LogP contribution in [-0.4, -0.2) is 20.2 Å². The van der Waals surface area contributed by atoms with Crippen LogP contribution in [0.5, 0.6) is 6.01 Å². The van der Waals surface area contributed by atoms with Gasteiger partial charge in [0.25, 0.3) is 0 Å². The van der Waals surface area contributed by atoms with E-state index >= 15 is 0 Å². The van der Waals surface area contributed by atoms with Gasteiger partial charge >= 0.3 is 12.5 Å². The number of hydrogen-bond acceptors (Lipinski definition) is 5. The van der Waals surface area contributed by atoms with Gasteiger partial charge in [-0.1, -0.05) is 12.1 Å². The Morgan fingerprint density at radius 1 is 1.40 bits per heavy atom. The van der Waals surface area contributed by atoms with Gasteiger partial charge < -0.3 is 4.74 Å². The highest BCUT2D eigenvalue weighted by atomic mass is 32.1. The van der Waals surface area contributed by atoms with Gasteiger partial charge in [-0.15, -0.1) is 4.37 Å². The number of para-hydroxylation sites is 2. The molecule has 1 aromatic carbocycles. The fourth-order valence-corrected chi connectivity index (χ4v) is 2.17. The fourth-order valence-electron chi connectivity index (χ4n) is 1.49. The van der Waals surface area contributed by atoms with Crippen molar-refractivity contribution < 1.29 is 9.53 Å². The molecule has 0 aliphatic carbocycles. The van der Waals surface area contributed by atoms with E-state index in [1.54, 1.807) is 4.40 Å². The minimum atomic E-state index is 0.263. The van der Waals surface area contributed by atoms with Crippen LogP contribution in [0.15, 0.2) is 24.3 Å². The van der Waals surface area contributed by atoms with Gasteiger partial charge in [-0.25, -0.2) is 9.38 Å². The van der Waals surface area contributed by atoms with Crippen LogP contribution >= 0.6 is 11.5 Å². The summed E-state index contributed by atoms with van der Waals surface area (Å²) >= 11 is 1.20. The van der Waals surface area contributed by atoms with Crippen molar-refractivity contribution in [3.05, 3.63) is 24.3 Å². The Morgan fingerprint density at radius 3 is 3.13 bits per heavy atom. The van der Waals surface area contributed by atoms with E-state index in [0.717, 1.165) is 11.0 Å². The maximum atomic E-state index is 10.3. The van der Waals surface area contributed by atoms with Crippen molar-refractivity contribution in [2.45, 2.75) is 0 Å². The lowest BCUT2D eigenvalue weighted by atomic mass is 10.3. The summed E-state index contributed by atoms with van der Waals surface area (Å²) in [7, 11) is 0. The Morgan fingerprint density at radius 2 is 2.27 bits per heavy atom. The van der Waals surface area contributed by atoms with Gasteiger partial charge in [0.2, 0.25) is 4.96 Å². The summed E-state index contributed by atoms with van der Waals surface area (Å²) in [6.45, 7) is 0.364. The molecule has 0 N–H and O–H groups in total. The number of hydrogen-bond donors (Lipinski definition) is 0. The quantitative estimate of drug-likeness (QED) is 0.612. The third kappa shape index (κ3) is 1.11. The van der Waals surface area contributed by atoms with Crippen LogP contribution in [0.25, 0.3) is 16.0 Å². The van der Waals surface area contributed by atoms with Crippen molar-refractivity contribution in [2.75, 3.05) is 0 Å². The monoisotopic (exact) mass is 219 g/mol. The average Bonchev–Trinajstić information content (AvgIpc) is 2.78. The first-order valence-electron chi connectivity index (χ1n) is 4.23. The Bertz CT molecular complexity index is 643. The lowest BCUT2D eigenvalue weighted by molar-refractivity contribution is -0.121. The first-order valence-corrected chi connectivity index (χ1v) is 5.00. The summed E-state index contributed by atoms with van der Waals surface area (Å²) in [6, 6.07) is 7.88. The molecule has 0 aliphatic heterocycles. The number of carbonyl (C=O) groups is 1. The smallest absolute Gasteiger partial charge is 0.322 e. The van der Waals surface area contributed by atoms with Crippen LogP contribution in [0.3, 0.4) is 0 Å². The predicted molar refractivity (Wildman–Crippen MR) is 55.1 cm³/mol. The number of ether oxygens (including phenoxy) is 1. The van der Waals surface area contributed by atoms with E-state index in [0.29, 0.717) is 11.4 Å². The second-order valence-corrected chi connectivity index (χ2v) is 3.63. The van der Waals surface area contributed by atoms with Crippen LogP contribution in [0.1, 0.15) is 0 Å². The molecule has 0 amide bonds. The molecule has 0 fully saturated rings. The highest BCUT2D eigenvalue weighted by molar-refractivity contribution is 7.11. The molecule has 3 aromatic rings. The highest BCUT2D eigenvalue weighted by Crippen LogP contribution is 2.24. The molecule has 0 radical (unpaired) electrons. The van der Waals surface area contributed by atoms with E-state index in [9.17, 15) is 4.79 Å². The predicted octanol–water partition coefficient (Wildman–Crippen LogP) is 1.48. The van der Waals surface area contributed by atoms with Crippen LogP contribution < -0.4 is 4.74 Å². The summed E-state index contributed by atoms with van der Waals surface area (Å²) < 4.78 is 10.5. The zero-order valence-electron chi connectivity index (χ0n) is 7.45. The SMILES string of the molecule is O=COc1nsc2nc3ccccc3n12. The van der Waals surface area contributed by atoms with Crippen LogP contribution in [0, 0.1) is 0 Å². The molecular weight excluding hydrogens is 214 g/mol. The molecular formula is C9H5N3O2S. The molecule has 0 unspecified atom stereocenters. The number of imidazole rings is 1. The Hall–Kier alpha value is -1.95. The normalized spacial score (nSPS) is 10.9.